The van der Waals surface area contributed by atoms with Crippen LogP contribution in [0.15, 0.2) is 47.4 Å². The molecular weight excluding hydrogens is 468 g/mol. The number of imide groups is 1. The highest BCUT2D eigenvalue weighted by Gasteiger charge is 2.39. The van der Waals surface area contributed by atoms with Gasteiger partial charge in [0.1, 0.15) is 6.04 Å². The van der Waals surface area contributed by atoms with Crippen molar-refractivity contribution in [1.82, 2.24) is 10.2 Å². The van der Waals surface area contributed by atoms with E-state index in [1.54, 1.807) is 16.7 Å². The summed E-state index contributed by atoms with van der Waals surface area (Å²) in [5.74, 6) is 2.31. The van der Waals surface area contributed by atoms with E-state index in [9.17, 15) is 14.4 Å². The molecule has 1 saturated heterocycles. The monoisotopic (exact) mass is 506 g/mol. The number of carbonyl (C=O) groups is 3. The summed E-state index contributed by atoms with van der Waals surface area (Å²) >= 11 is 1.73. The highest BCUT2D eigenvalue weighted by molar-refractivity contribution is 7.98. The molecule has 0 radical (unpaired) electrons. The van der Waals surface area contributed by atoms with E-state index in [1.165, 1.54) is 24.0 Å². The van der Waals surface area contributed by atoms with Gasteiger partial charge in [-0.1, -0.05) is 58.0 Å². The van der Waals surface area contributed by atoms with Crippen LogP contribution in [0, 0.1) is 17.8 Å². The van der Waals surface area contributed by atoms with Gasteiger partial charge >= 0.3 is 0 Å². The molecule has 2 aromatic carbocycles. The molecule has 2 aromatic rings. The molecule has 2 aliphatic rings. The number of benzene rings is 2. The van der Waals surface area contributed by atoms with Gasteiger partial charge in [0.15, 0.2) is 0 Å². The molecule has 1 fully saturated rings. The first-order chi connectivity index (χ1) is 17.2. The van der Waals surface area contributed by atoms with Crippen LogP contribution in [0.1, 0.15) is 80.4 Å². The minimum Gasteiger partial charge on any atom is -0.322 e. The summed E-state index contributed by atoms with van der Waals surface area (Å²) in [5.41, 5.74) is 4.30. The Balaban J connectivity index is 1.34. The summed E-state index contributed by atoms with van der Waals surface area (Å²) in [4.78, 5) is 39.6. The lowest BCUT2D eigenvalue weighted by atomic mass is 9.81. The molecule has 0 saturated carbocycles. The number of nitrogens with zero attached hydrogens (tertiary/aromatic N) is 1. The maximum atomic E-state index is 13.0. The molecule has 36 heavy (non-hydrogen) atoms. The van der Waals surface area contributed by atoms with E-state index in [0.717, 1.165) is 40.4 Å². The van der Waals surface area contributed by atoms with Crippen molar-refractivity contribution in [2.24, 2.45) is 17.8 Å². The number of fused-ring (bicyclic) bond motifs is 1. The van der Waals surface area contributed by atoms with Crippen LogP contribution in [0.5, 0.6) is 0 Å². The summed E-state index contributed by atoms with van der Waals surface area (Å²) in [5, 5.41) is 2.37. The number of carbonyl (C=O) groups excluding carboxylic acids is 3. The molecule has 0 aromatic heterocycles. The average Bonchev–Trinajstić information content (AvgIpc) is 3.17. The molecule has 0 spiro atoms. The van der Waals surface area contributed by atoms with E-state index >= 15 is 0 Å². The number of aryl methyl sites for hydroxylation is 1. The molecule has 2 heterocycles. The fourth-order valence-electron chi connectivity index (χ4n) is 5.63. The van der Waals surface area contributed by atoms with Gasteiger partial charge in [0.2, 0.25) is 11.8 Å². The third-order valence-corrected chi connectivity index (χ3v) is 8.84. The summed E-state index contributed by atoms with van der Waals surface area (Å²) < 4.78 is 0. The lowest BCUT2D eigenvalue weighted by molar-refractivity contribution is -0.136. The normalized spacial score (nSPS) is 17.9. The van der Waals surface area contributed by atoms with E-state index in [0.29, 0.717) is 18.5 Å². The number of hydrogen-bond donors (Lipinski definition) is 1. The zero-order valence-corrected chi connectivity index (χ0v) is 22.7. The standard InChI is InChI=1S/C30H38N2O3S/c1-19(2)23(20(3)4)8-5-7-21-11-13-22(14-12-21)18-36-27-10-6-9-24-25(27)17-32(30(24)35)26-15-16-28(33)31-29(26)34/h6,9-14,19-20,23,26H,5,7-8,15-18H2,1-4H3,(H,31,33,34). The predicted octanol–water partition coefficient (Wildman–Crippen LogP) is 5.99. The van der Waals surface area contributed by atoms with Gasteiger partial charge in [0, 0.05) is 29.2 Å². The Labute approximate surface area is 219 Å². The fraction of sp³-hybridized carbons (Fsp3) is 0.500. The highest BCUT2D eigenvalue weighted by Crippen LogP contribution is 2.35. The maximum Gasteiger partial charge on any atom is 0.255 e. The molecule has 6 heteroatoms. The second kappa shape index (κ2) is 11.6. The Kier molecular flexibility index (Phi) is 8.55. The van der Waals surface area contributed by atoms with Crippen molar-refractivity contribution in [2.75, 3.05) is 0 Å². The third kappa shape index (κ3) is 6.03. The van der Waals surface area contributed by atoms with Crippen molar-refractivity contribution in [3.05, 3.63) is 64.7 Å². The fourth-order valence-corrected chi connectivity index (χ4v) is 6.67. The number of piperidine rings is 1. The van der Waals surface area contributed by atoms with Gasteiger partial charge < -0.3 is 4.90 Å². The van der Waals surface area contributed by atoms with Gasteiger partial charge in [0.05, 0.1) is 0 Å². The van der Waals surface area contributed by atoms with E-state index in [-0.39, 0.29) is 24.1 Å². The molecule has 2 aliphatic heterocycles. The SMILES string of the molecule is CC(C)C(CCCc1ccc(CSc2cccc3c2CN(C2CCC(=O)NC2=O)C3=O)cc1)C(C)C. The summed E-state index contributed by atoms with van der Waals surface area (Å²) in [6, 6.07) is 14.2. The molecule has 0 bridgehead atoms. The van der Waals surface area contributed by atoms with Crippen molar-refractivity contribution in [2.45, 2.75) is 83.0 Å². The molecule has 3 amide bonds. The lowest BCUT2D eigenvalue weighted by Crippen LogP contribution is -2.52. The maximum absolute atomic E-state index is 13.0. The van der Waals surface area contributed by atoms with Crippen molar-refractivity contribution in [3.8, 4) is 0 Å². The first kappa shape index (κ1) is 26.5. The zero-order valence-electron chi connectivity index (χ0n) is 21.9. The highest BCUT2D eigenvalue weighted by atomic mass is 32.2. The first-order valence-corrected chi connectivity index (χ1v) is 14.2. The van der Waals surface area contributed by atoms with Crippen molar-refractivity contribution >= 4 is 29.5 Å². The van der Waals surface area contributed by atoms with E-state index < -0.39 is 6.04 Å². The van der Waals surface area contributed by atoms with Gasteiger partial charge in [-0.2, -0.15) is 0 Å². The van der Waals surface area contributed by atoms with Gasteiger partial charge in [-0.25, -0.2) is 0 Å². The second-order valence-electron chi connectivity index (χ2n) is 10.8. The van der Waals surface area contributed by atoms with E-state index in [4.69, 9.17) is 0 Å². The number of nitrogens with one attached hydrogen (secondary N) is 1. The largest absolute Gasteiger partial charge is 0.322 e. The van der Waals surface area contributed by atoms with Gasteiger partial charge in [-0.05, 0) is 72.3 Å². The predicted molar refractivity (Wildman–Crippen MR) is 145 cm³/mol. The minimum absolute atomic E-state index is 0.122. The number of hydrogen-bond acceptors (Lipinski definition) is 4. The topological polar surface area (TPSA) is 66.5 Å². The Morgan fingerprint density at radius 2 is 1.67 bits per heavy atom. The molecule has 5 nitrogen and oxygen atoms in total. The first-order valence-electron chi connectivity index (χ1n) is 13.2. The average molecular weight is 507 g/mol. The van der Waals surface area contributed by atoms with Gasteiger partial charge in [0.25, 0.3) is 5.91 Å². The van der Waals surface area contributed by atoms with E-state index in [2.05, 4.69) is 63.3 Å². The van der Waals surface area contributed by atoms with E-state index in [1.807, 2.05) is 12.1 Å². The Morgan fingerprint density at radius 3 is 2.33 bits per heavy atom. The molecule has 0 aliphatic carbocycles. The Hall–Kier alpha value is -2.60. The van der Waals surface area contributed by atoms with Gasteiger partial charge in [-0.3, -0.25) is 19.7 Å². The Morgan fingerprint density at radius 1 is 0.972 bits per heavy atom. The van der Waals surface area contributed by atoms with Gasteiger partial charge in [-0.15, -0.1) is 11.8 Å². The van der Waals surface area contributed by atoms with Crippen LogP contribution in [0.2, 0.25) is 0 Å². The molecule has 1 N–H and O–H groups in total. The van der Waals surface area contributed by atoms with Crippen molar-refractivity contribution in [3.63, 3.8) is 0 Å². The van der Waals surface area contributed by atoms with Crippen LogP contribution < -0.4 is 5.32 Å². The minimum atomic E-state index is -0.579. The molecular formula is C30H38N2O3S. The third-order valence-electron chi connectivity index (χ3n) is 7.67. The number of thioether (sulfide) groups is 1. The summed E-state index contributed by atoms with van der Waals surface area (Å²) in [6.07, 6.45) is 4.27. The van der Waals surface area contributed by atoms with Crippen LogP contribution >= 0.6 is 11.8 Å². The van der Waals surface area contributed by atoms with Crippen molar-refractivity contribution < 1.29 is 14.4 Å². The summed E-state index contributed by atoms with van der Waals surface area (Å²) in [7, 11) is 0. The molecule has 192 valence electrons. The van der Waals surface area contributed by atoms with Crippen LogP contribution in [0.3, 0.4) is 0 Å². The lowest BCUT2D eigenvalue weighted by Gasteiger charge is -2.29. The molecule has 1 unspecified atom stereocenters. The van der Waals surface area contributed by atoms with Crippen LogP contribution in [-0.2, 0) is 28.3 Å². The smallest absolute Gasteiger partial charge is 0.255 e. The van der Waals surface area contributed by atoms with Crippen LogP contribution in [0.4, 0.5) is 0 Å². The van der Waals surface area contributed by atoms with Crippen LogP contribution in [-0.4, -0.2) is 28.7 Å². The quantitative estimate of drug-likeness (QED) is 0.317. The second-order valence-corrected chi connectivity index (χ2v) is 11.8. The summed E-state index contributed by atoms with van der Waals surface area (Å²) in [6.45, 7) is 9.75. The zero-order chi connectivity index (χ0) is 25.8. The van der Waals surface area contributed by atoms with Crippen LogP contribution in [0.25, 0.3) is 0 Å². The Bertz CT molecular complexity index is 1100. The number of amides is 3. The van der Waals surface area contributed by atoms with Crippen molar-refractivity contribution in [1.29, 1.82) is 0 Å². The molecule has 1 atom stereocenters. The number of rotatable bonds is 10. The molecule has 4 rings (SSSR count).